The molecule has 1 aromatic heterocycles. The molecule has 0 spiro atoms. The van der Waals surface area contributed by atoms with Gasteiger partial charge in [-0.2, -0.15) is 4.98 Å². The number of aromatic nitrogens is 2. The maximum atomic E-state index is 14.0. The van der Waals surface area contributed by atoms with Crippen molar-refractivity contribution < 1.29 is 23.8 Å². The number of nitrogens with one attached hydrogen (secondary N) is 2. The molecule has 0 saturated carbocycles. The molecule has 0 bridgehead atoms. The lowest BCUT2D eigenvalue weighted by atomic mass is 10.1. The summed E-state index contributed by atoms with van der Waals surface area (Å²) in [4.78, 5) is 41.8. The number of halogens is 1. The van der Waals surface area contributed by atoms with Crippen LogP contribution in [0.15, 0.2) is 24.4 Å². The molecule has 0 aliphatic carbocycles. The van der Waals surface area contributed by atoms with Crippen molar-refractivity contribution in [1.82, 2.24) is 15.4 Å². The summed E-state index contributed by atoms with van der Waals surface area (Å²) in [5, 5.41) is 21.9. The first kappa shape index (κ1) is 19.8. The first-order chi connectivity index (χ1) is 13.9. The molecular weight excluding hydrogens is 393 g/mol. The molecule has 1 aliphatic heterocycles. The van der Waals surface area contributed by atoms with Gasteiger partial charge in [-0.1, -0.05) is 0 Å². The van der Waals surface area contributed by atoms with Crippen LogP contribution >= 0.6 is 0 Å². The van der Waals surface area contributed by atoms with Crippen molar-refractivity contribution in [3.63, 3.8) is 0 Å². The monoisotopic (exact) mass is 407 g/mol. The van der Waals surface area contributed by atoms with Gasteiger partial charge in [0, 0.05) is 19.2 Å². The van der Waals surface area contributed by atoms with E-state index in [1.54, 1.807) is 4.90 Å². The number of amides is 1. The van der Waals surface area contributed by atoms with Gasteiger partial charge in [0.2, 0.25) is 5.95 Å². The zero-order chi connectivity index (χ0) is 21.0. The van der Waals surface area contributed by atoms with Gasteiger partial charge in [-0.25, -0.2) is 9.37 Å². The van der Waals surface area contributed by atoms with Gasteiger partial charge in [-0.15, -0.1) is 0 Å². The Bertz CT molecular complexity index is 966. The topological polar surface area (TPSA) is 166 Å². The quantitative estimate of drug-likeness (QED) is 0.521. The molecule has 3 rings (SSSR count). The van der Waals surface area contributed by atoms with Crippen LogP contribution in [0.3, 0.4) is 0 Å². The van der Waals surface area contributed by atoms with Gasteiger partial charge in [-0.3, -0.25) is 35.9 Å². The smallest absolute Gasteiger partial charge is 0.289 e. The minimum Gasteiger partial charge on any atom is -0.378 e. The number of hydrogen-bond acceptors (Lipinski definition) is 10. The zero-order valence-electron chi connectivity index (χ0n) is 14.7. The summed E-state index contributed by atoms with van der Waals surface area (Å²) in [6.45, 7) is 1.67. The summed E-state index contributed by atoms with van der Waals surface area (Å²) >= 11 is 0. The lowest BCUT2D eigenvalue weighted by Gasteiger charge is -2.28. The van der Waals surface area contributed by atoms with E-state index < -0.39 is 38.5 Å². The molecular formula is C15H14FN7O6. The second-order valence-electron chi connectivity index (χ2n) is 5.76. The predicted molar refractivity (Wildman–Crippen MR) is 95.9 cm³/mol. The molecule has 152 valence electrons. The Morgan fingerprint density at radius 3 is 2.59 bits per heavy atom. The number of nitro groups is 2. The lowest BCUT2D eigenvalue weighted by molar-refractivity contribution is -0.394. The Kier molecular flexibility index (Phi) is 5.73. The van der Waals surface area contributed by atoms with Crippen LogP contribution < -0.4 is 15.8 Å². The van der Waals surface area contributed by atoms with E-state index in [-0.39, 0.29) is 11.8 Å². The molecule has 0 atom stereocenters. The highest BCUT2D eigenvalue weighted by atomic mass is 19.1. The Morgan fingerprint density at radius 2 is 1.93 bits per heavy atom. The third-order valence-electron chi connectivity index (χ3n) is 3.96. The van der Waals surface area contributed by atoms with Crippen LogP contribution in [0.25, 0.3) is 0 Å². The van der Waals surface area contributed by atoms with E-state index in [0.717, 1.165) is 18.3 Å². The molecule has 1 fully saturated rings. The second kappa shape index (κ2) is 8.39. The number of carbonyl (C=O) groups is 1. The van der Waals surface area contributed by atoms with E-state index in [1.165, 1.54) is 0 Å². The van der Waals surface area contributed by atoms with Gasteiger partial charge in [-0.05, 0) is 6.07 Å². The normalized spacial score (nSPS) is 13.6. The molecule has 1 saturated heterocycles. The first-order valence-electron chi connectivity index (χ1n) is 8.21. The number of carbonyl (C=O) groups excluding carboxylic acids is 1. The number of hydrazine groups is 1. The van der Waals surface area contributed by atoms with Crippen molar-refractivity contribution in [2.75, 3.05) is 36.6 Å². The van der Waals surface area contributed by atoms with E-state index in [2.05, 4.69) is 20.8 Å². The van der Waals surface area contributed by atoms with Crippen LogP contribution in [0.2, 0.25) is 0 Å². The number of non-ortho nitro benzene ring substituents is 1. The summed E-state index contributed by atoms with van der Waals surface area (Å²) in [5.41, 5.74) is 2.82. The molecule has 14 heteroatoms. The maximum Gasteiger partial charge on any atom is 0.289 e. The van der Waals surface area contributed by atoms with E-state index in [4.69, 9.17) is 4.74 Å². The van der Waals surface area contributed by atoms with Gasteiger partial charge in [0.1, 0.15) is 5.56 Å². The van der Waals surface area contributed by atoms with Crippen LogP contribution in [0, 0.1) is 26.0 Å². The average molecular weight is 407 g/mol. The van der Waals surface area contributed by atoms with Gasteiger partial charge in [0.15, 0.2) is 11.6 Å². The van der Waals surface area contributed by atoms with Crippen molar-refractivity contribution in [2.24, 2.45) is 0 Å². The van der Waals surface area contributed by atoms with Crippen LogP contribution in [0.1, 0.15) is 10.4 Å². The van der Waals surface area contributed by atoms with Crippen molar-refractivity contribution >= 4 is 29.0 Å². The second-order valence-corrected chi connectivity index (χ2v) is 5.76. The van der Waals surface area contributed by atoms with Crippen LogP contribution in [0.4, 0.5) is 27.5 Å². The standard InChI is InChI=1S/C15H14FN7O6/c16-11-8-17-15(18-13(11)21-3-5-29-6-4-21)20-19-14(24)10-2-1-9(22(25)26)7-12(10)23(27)28/h1-2,7-8H,3-6H2,(H,19,24)(H,17,18,20). The summed E-state index contributed by atoms with van der Waals surface area (Å²) in [7, 11) is 0. The van der Waals surface area contributed by atoms with Crippen LogP contribution in [-0.2, 0) is 4.74 Å². The SMILES string of the molecule is O=C(NNc1ncc(F)c(N2CCOCC2)n1)c1ccc([N+](=O)[O-])cc1[N+](=O)[O-]. The van der Waals surface area contributed by atoms with Crippen LogP contribution in [0.5, 0.6) is 0 Å². The number of morpholine rings is 1. The number of nitro benzene ring substituents is 2. The highest BCUT2D eigenvalue weighted by molar-refractivity contribution is 5.99. The molecule has 2 N–H and O–H groups in total. The lowest BCUT2D eigenvalue weighted by Crippen LogP contribution is -2.38. The minimum atomic E-state index is -0.951. The summed E-state index contributed by atoms with van der Waals surface area (Å²) in [5.74, 6) is -1.74. The van der Waals surface area contributed by atoms with Gasteiger partial charge < -0.3 is 9.64 Å². The number of benzene rings is 1. The van der Waals surface area contributed by atoms with E-state index >= 15 is 0 Å². The molecule has 0 unspecified atom stereocenters. The fourth-order valence-electron chi connectivity index (χ4n) is 2.57. The fraction of sp³-hybridized carbons (Fsp3) is 0.267. The summed E-state index contributed by atoms with van der Waals surface area (Å²) in [6.07, 6.45) is 0.917. The van der Waals surface area contributed by atoms with Crippen molar-refractivity contribution in [3.05, 3.63) is 56.0 Å². The molecule has 2 heterocycles. The van der Waals surface area contributed by atoms with Crippen molar-refractivity contribution in [1.29, 1.82) is 0 Å². The largest absolute Gasteiger partial charge is 0.378 e. The average Bonchev–Trinajstić information content (AvgIpc) is 2.73. The number of hydrogen-bond donors (Lipinski definition) is 2. The van der Waals surface area contributed by atoms with E-state index in [1.807, 2.05) is 0 Å². The van der Waals surface area contributed by atoms with Crippen LogP contribution in [-0.4, -0.2) is 52.0 Å². The van der Waals surface area contributed by atoms with Crippen molar-refractivity contribution in [2.45, 2.75) is 0 Å². The Hall–Kier alpha value is -3.94. The third-order valence-corrected chi connectivity index (χ3v) is 3.96. The highest BCUT2D eigenvalue weighted by Gasteiger charge is 2.24. The minimum absolute atomic E-state index is 0.0152. The fourth-order valence-corrected chi connectivity index (χ4v) is 2.57. The summed E-state index contributed by atoms with van der Waals surface area (Å²) < 4.78 is 19.2. The van der Waals surface area contributed by atoms with Gasteiger partial charge in [0.05, 0.1) is 35.3 Å². The molecule has 29 heavy (non-hydrogen) atoms. The number of nitrogens with zero attached hydrogens (tertiary/aromatic N) is 5. The van der Waals surface area contributed by atoms with Gasteiger partial charge in [0.25, 0.3) is 17.3 Å². The number of rotatable bonds is 6. The highest BCUT2D eigenvalue weighted by Crippen LogP contribution is 2.24. The molecule has 13 nitrogen and oxygen atoms in total. The van der Waals surface area contributed by atoms with E-state index in [0.29, 0.717) is 32.4 Å². The first-order valence-corrected chi connectivity index (χ1v) is 8.21. The Labute approximate surface area is 161 Å². The predicted octanol–water partition coefficient (Wildman–Crippen LogP) is 1.03. The summed E-state index contributed by atoms with van der Waals surface area (Å²) in [6, 6.07) is 2.60. The number of ether oxygens (including phenoxy) is 1. The van der Waals surface area contributed by atoms with E-state index in [9.17, 15) is 29.4 Å². The Balaban J connectivity index is 1.75. The maximum absolute atomic E-state index is 14.0. The van der Waals surface area contributed by atoms with Crippen molar-refractivity contribution in [3.8, 4) is 0 Å². The molecule has 1 amide bonds. The molecule has 1 aromatic carbocycles. The Morgan fingerprint density at radius 1 is 1.21 bits per heavy atom. The van der Waals surface area contributed by atoms with Gasteiger partial charge >= 0.3 is 0 Å². The third kappa shape index (κ3) is 4.49. The number of anilines is 2. The molecule has 1 aliphatic rings. The zero-order valence-corrected chi connectivity index (χ0v) is 14.7. The molecule has 0 radical (unpaired) electrons. The molecule has 2 aromatic rings.